The first-order chi connectivity index (χ1) is 4.06. The minimum atomic E-state index is -2.86. The summed E-state index contributed by atoms with van der Waals surface area (Å²) in [6, 6.07) is 0. The molecule has 0 atom stereocenters. The van der Waals surface area contributed by atoms with Gasteiger partial charge in [-0.25, -0.2) is 0 Å². The van der Waals surface area contributed by atoms with Crippen LogP contribution in [0, 0.1) is 6.26 Å². The van der Waals surface area contributed by atoms with Crippen molar-refractivity contribution in [1.82, 2.24) is 0 Å². The highest BCUT2D eigenvalue weighted by atomic mass is 79.9. The summed E-state index contributed by atoms with van der Waals surface area (Å²) >= 11 is 3.41. The molecular formula is C5H6BrF2S. The fraction of sp³-hybridized carbons (Fsp3) is 0.400. The molecule has 1 radical (unpaired) electrons. The normalized spacial score (nSPS) is 12.9. The van der Waals surface area contributed by atoms with Gasteiger partial charge in [0.2, 0.25) is 0 Å². The molecular weight excluding hydrogens is 210 g/mol. The third kappa shape index (κ3) is 8.43. The second-order valence-electron chi connectivity index (χ2n) is 1.31. The maximum Gasteiger partial charge on any atom is 0.319 e. The molecule has 0 amide bonds. The zero-order valence-corrected chi connectivity index (χ0v) is 7.01. The average molecular weight is 216 g/mol. The van der Waals surface area contributed by atoms with Crippen molar-refractivity contribution >= 4 is 27.7 Å². The van der Waals surface area contributed by atoms with Crippen LogP contribution in [0.25, 0.3) is 0 Å². The number of hydrogen-bond acceptors (Lipinski definition) is 1. The van der Waals surface area contributed by atoms with Crippen LogP contribution in [0.15, 0.2) is 12.2 Å². The maximum atomic E-state index is 11.8. The molecule has 9 heavy (non-hydrogen) atoms. The van der Waals surface area contributed by atoms with Gasteiger partial charge in [-0.3, -0.25) is 0 Å². The van der Waals surface area contributed by atoms with Crippen LogP contribution in [0.3, 0.4) is 0 Å². The Morgan fingerprint density at radius 1 is 1.67 bits per heavy atom. The van der Waals surface area contributed by atoms with E-state index in [0.29, 0.717) is 5.75 Å². The maximum absolute atomic E-state index is 11.8. The Kier molecular flexibility index (Phi) is 4.48. The Bertz CT molecular complexity index is 97.6. The predicted molar refractivity (Wildman–Crippen MR) is 40.8 cm³/mol. The number of hydrogen-bond donors (Lipinski definition) is 0. The average Bonchev–Trinajstić information content (AvgIpc) is 1.63. The van der Waals surface area contributed by atoms with Crippen molar-refractivity contribution in [3.63, 3.8) is 0 Å². The molecule has 0 N–H and O–H groups in total. The third-order valence-corrected chi connectivity index (χ3v) is 1.21. The van der Waals surface area contributed by atoms with Crippen LogP contribution in [0.2, 0.25) is 0 Å². The summed E-state index contributed by atoms with van der Waals surface area (Å²) in [5.41, 5.74) is 0. The molecule has 0 aromatic carbocycles. The second kappa shape index (κ2) is 4.28. The topological polar surface area (TPSA) is 0 Å². The Hall–Kier alpha value is 0.430. The molecule has 0 aliphatic carbocycles. The van der Waals surface area contributed by atoms with Gasteiger partial charge in [-0.15, -0.1) is 0 Å². The zero-order chi connectivity index (χ0) is 7.33. The van der Waals surface area contributed by atoms with E-state index < -0.39 is 4.83 Å². The molecule has 0 aromatic heterocycles. The van der Waals surface area contributed by atoms with Crippen LogP contribution < -0.4 is 0 Å². The highest BCUT2D eigenvalue weighted by Crippen LogP contribution is 2.22. The SMILES string of the molecule is [CH2]SC/C=C/C(F)(F)Br. The summed E-state index contributed by atoms with van der Waals surface area (Å²) in [5, 5.41) is 0. The van der Waals surface area contributed by atoms with Crippen molar-refractivity contribution in [2.45, 2.75) is 4.83 Å². The van der Waals surface area contributed by atoms with E-state index in [1.807, 2.05) is 0 Å². The first kappa shape index (κ1) is 9.43. The van der Waals surface area contributed by atoms with E-state index in [2.05, 4.69) is 22.2 Å². The van der Waals surface area contributed by atoms with E-state index in [4.69, 9.17) is 0 Å². The van der Waals surface area contributed by atoms with Crippen molar-refractivity contribution in [2.24, 2.45) is 0 Å². The van der Waals surface area contributed by atoms with E-state index in [1.165, 1.54) is 17.8 Å². The van der Waals surface area contributed by atoms with Crippen LogP contribution >= 0.6 is 27.7 Å². The number of thioether (sulfide) groups is 1. The zero-order valence-electron chi connectivity index (χ0n) is 4.61. The summed E-state index contributed by atoms with van der Waals surface area (Å²) < 4.78 is 23.7. The molecule has 53 valence electrons. The first-order valence-electron chi connectivity index (χ1n) is 2.17. The van der Waals surface area contributed by atoms with E-state index in [0.717, 1.165) is 6.08 Å². The quantitative estimate of drug-likeness (QED) is 0.516. The molecule has 0 saturated heterocycles. The van der Waals surface area contributed by atoms with E-state index in [1.54, 1.807) is 0 Å². The lowest BCUT2D eigenvalue weighted by atomic mass is 10.5. The van der Waals surface area contributed by atoms with Crippen LogP contribution in [-0.4, -0.2) is 10.6 Å². The van der Waals surface area contributed by atoms with Gasteiger partial charge in [0.15, 0.2) is 0 Å². The Morgan fingerprint density at radius 3 is 2.56 bits per heavy atom. The third-order valence-electron chi connectivity index (χ3n) is 0.521. The number of alkyl halides is 3. The van der Waals surface area contributed by atoms with Crippen LogP contribution in [0.4, 0.5) is 8.78 Å². The van der Waals surface area contributed by atoms with Gasteiger partial charge in [-0.05, 0) is 22.0 Å². The summed E-state index contributed by atoms with van der Waals surface area (Å²) in [7, 11) is 0. The number of allylic oxidation sites excluding steroid dienone is 1. The molecule has 0 fully saturated rings. The summed E-state index contributed by atoms with van der Waals surface area (Å²) in [4.78, 5) is -2.86. The lowest BCUT2D eigenvalue weighted by Crippen LogP contribution is -1.97. The van der Waals surface area contributed by atoms with E-state index in [-0.39, 0.29) is 0 Å². The van der Waals surface area contributed by atoms with Crippen molar-refractivity contribution in [3.05, 3.63) is 18.4 Å². The van der Waals surface area contributed by atoms with Crippen molar-refractivity contribution in [3.8, 4) is 0 Å². The Morgan fingerprint density at radius 2 is 2.22 bits per heavy atom. The van der Waals surface area contributed by atoms with Crippen molar-refractivity contribution in [2.75, 3.05) is 5.75 Å². The lowest BCUT2D eigenvalue weighted by molar-refractivity contribution is 0.171. The summed E-state index contributed by atoms with van der Waals surface area (Å²) in [5.74, 6) is 0.515. The monoisotopic (exact) mass is 215 g/mol. The molecule has 0 aliphatic heterocycles. The van der Waals surface area contributed by atoms with Crippen LogP contribution in [0.5, 0.6) is 0 Å². The van der Waals surface area contributed by atoms with Gasteiger partial charge < -0.3 is 0 Å². The van der Waals surface area contributed by atoms with Gasteiger partial charge in [-0.1, -0.05) is 6.08 Å². The standard InChI is InChI=1S/C5H6BrF2S/c1-9-4-2-3-5(6,7)8/h2-3H,1,4H2/b3-2+. The molecule has 0 aliphatic rings. The molecule has 0 spiro atoms. The smallest absolute Gasteiger partial charge is 0.189 e. The summed E-state index contributed by atoms with van der Waals surface area (Å²) in [6.45, 7) is 0. The van der Waals surface area contributed by atoms with Gasteiger partial charge in [0.1, 0.15) is 0 Å². The minimum Gasteiger partial charge on any atom is -0.189 e. The molecule has 0 aromatic rings. The van der Waals surface area contributed by atoms with Gasteiger partial charge in [0.25, 0.3) is 0 Å². The highest BCUT2D eigenvalue weighted by molar-refractivity contribution is 9.10. The van der Waals surface area contributed by atoms with E-state index >= 15 is 0 Å². The second-order valence-corrected chi connectivity index (χ2v) is 3.11. The van der Waals surface area contributed by atoms with Crippen molar-refractivity contribution in [1.29, 1.82) is 0 Å². The highest BCUT2D eigenvalue weighted by Gasteiger charge is 2.17. The molecule has 4 heteroatoms. The molecule has 0 heterocycles. The largest absolute Gasteiger partial charge is 0.319 e. The fourth-order valence-corrected chi connectivity index (χ4v) is 0.669. The predicted octanol–water partition coefficient (Wildman–Crippen LogP) is 3.06. The Labute approximate surface area is 65.8 Å². The van der Waals surface area contributed by atoms with Gasteiger partial charge in [0, 0.05) is 12.0 Å². The van der Waals surface area contributed by atoms with Gasteiger partial charge in [0.05, 0.1) is 0 Å². The van der Waals surface area contributed by atoms with Gasteiger partial charge >= 0.3 is 4.83 Å². The molecule has 0 bridgehead atoms. The molecule has 0 unspecified atom stereocenters. The number of halogens is 3. The molecule has 0 saturated carbocycles. The molecule has 0 nitrogen and oxygen atoms in total. The Balaban J connectivity index is 3.45. The van der Waals surface area contributed by atoms with Gasteiger partial charge in [-0.2, -0.15) is 20.5 Å². The van der Waals surface area contributed by atoms with Crippen LogP contribution in [-0.2, 0) is 0 Å². The lowest BCUT2D eigenvalue weighted by Gasteiger charge is -1.97. The first-order valence-corrected chi connectivity index (χ1v) is 4.12. The van der Waals surface area contributed by atoms with Crippen molar-refractivity contribution < 1.29 is 8.78 Å². The fourth-order valence-electron chi connectivity index (χ4n) is 0.250. The van der Waals surface area contributed by atoms with E-state index in [9.17, 15) is 8.78 Å². The van der Waals surface area contributed by atoms with Crippen LogP contribution in [0.1, 0.15) is 0 Å². The number of rotatable bonds is 3. The molecule has 0 rings (SSSR count). The minimum absolute atomic E-state index is 0.515. The summed E-state index contributed by atoms with van der Waals surface area (Å²) in [6.07, 6.45) is 5.57.